The summed E-state index contributed by atoms with van der Waals surface area (Å²) in [5.41, 5.74) is 1.14. The maximum Gasteiger partial charge on any atom is 0.326 e. The van der Waals surface area contributed by atoms with E-state index in [9.17, 15) is 9.59 Å². The van der Waals surface area contributed by atoms with Crippen LogP contribution in [-0.4, -0.2) is 46.5 Å². The highest BCUT2D eigenvalue weighted by Gasteiger charge is 2.22. The van der Waals surface area contributed by atoms with Gasteiger partial charge in [-0.2, -0.15) is 5.10 Å². The molecule has 0 aromatic carbocycles. The lowest BCUT2D eigenvalue weighted by Crippen LogP contribution is -2.41. The Morgan fingerprint density at radius 1 is 1.48 bits per heavy atom. The van der Waals surface area contributed by atoms with Gasteiger partial charge in [-0.3, -0.25) is 9.48 Å². The van der Waals surface area contributed by atoms with Crippen LogP contribution in [0.3, 0.4) is 0 Å². The molecule has 1 atom stereocenters. The fourth-order valence-corrected chi connectivity index (χ4v) is 1.93. The van der Waals surface area contributed by atoms with E-state index < -0.39 is 17.9 Å². The van der Waals surface area contributed by atoms with Crippen LogP contribution in [0.15, 0.2) is 6.20 Å². The number of hydrogen-bond acceptors (Lipinski definition) is 4. The molecule has 0 radical (unpaired) electrons. The number of ether oxygens (including phenoxy) is 1. The molecule has 0 aliphatic rings. The number of rotatable bonds is 8. The zero-order valence-electron chi connectivity index (χ0n) is 12.9. The Bertz CT molecular complexity index is 496. The van der Waals surface area contributed by atoms with Crippen LogP contribution in [0, 0.1) is 12.8 Å². The first kappa shape index (κ1) is 17.2. The molecule has 0 bridgehead atoms. The minimum atomic E-state index is -1.08. The second kappa shape index (κ2) is 7.78. The van der Waals surface area contributed by atoms with Gasteiger partial charge < -0.3 is 15.2 Å². The van der Waals surface area contributed by atoms with Crippen molar-refractivity contribution in [3.63, 3.8) is 0 Å². The summed E-state index contributed by atoms with van der Waals surface area (Å²) in [6, 6.07) is -0.967. The largest absolute Gasteiger partial charge is 0.480 e. The van der Waals surface area contributed by atoms with E-state index in [4.69, 9.17) is 9.84 Å². The van der Waals surface area contributed by atoms with Gasteiger partial charge in [0.15, 0.2) is 0 Å². The zero-order valence-corrected chi connectivity index (χ0v) is 12.9. The number of carboxylic acid groups (broad SMARTS) is 1. The summed E-state index contributed by atoms with van der Waals surface area (Å²) in [6.07, 6.45) is 1.69. The van der Waals surface area contributed by atoms with Gasteiger partial charge >= 0.3 is 5.97 Å². The molecule has 7 nitrogen and oxygen atoms in total. The van der Waals surface area contributed by atoms with Crippen molar-refractivity contribution in [2.45, 2.75) is 39.8 Å². The normalized spacial score (nSPS) is 12.4. The van der Waals surface area contributed by atoms with Gasteiger partial charge in [-0.1, -0.05) is 13.8 Å². The van der Waals surface area contributed by atoms with Gasteiger partial charge in [0.2, 0.25) is 0 Å². The van der Waals surface area contributed by atoms with Crippen molar-refractivity contribution < 1.29 is 19.4 Å². The number of nitrogens with one attached hydrogen (secondary N) is 1. The second-order valence-electron chi connectivity index (χ2n) is 5.37. The van der Waals surface area contributed by atoms with Gasteiger partial charge in [-0.15, -0.1) is 0 Å². The molecule has 1 aromatic heterocycles. The molecule has 2 N–H and O–H groups in total. The molecule has 1 aromatic rings. The average Bonchev–Trinajstić information content (AvgIpc) is 2.75. The Morgan fingerprint density at radius 3 is 2.67 bits per heavy atom. The first-order valence-corrected chi connectivity index (χ1v) is 6.91. The van der Waals surface area contributed by atoms with Crippen molar-refractivity contribution in [2.24, 2.45) is 5.92 Å². The molecule has 118 valence electrons. The van der Waals surface area contributed by atoms with Crippen molar-refractivity contribution in [3.05, 3.63) is 17.5 Å². The van der Waals surface area contributed by atoms with E-state index in [2.05, 4.69) is 24.3 Å². The topological polar surface area (TPSA) is 93.5 Å². The number of carbonyl (C=O) groups is 2. The standard InChI is InChI=1S/C14H23N3O4/c1-9(2)8-17-10(3)11(7-15-17)13(18)16-12(14(19)20)5-6-21-4/h7,9,12H,5-6,8H2,1-4H3,(H,16,18)(H,19,20). The molecular formula is C14H23N3O4. The predicted octanol–water partition coefficient (Wildman–Crippen LogP) is 1.07. The summed E-state index contributed by atoms with van der Waals surface area (Å²) in [4.78, 5) is 23.3. The van der Waals surface area contributed by atoms with E-state index in [-0.39, 0.29) is 13.0 Å². The third-order valence-electron chi connectivity index (χ3n) is 3.10. The first-order chi connectivity index (χ1) is 9.86. The molecule has 0 aliphatic carbocycles. The molecule has 1 unspecified atom stereocenters. The lowest BCUT2D eigenvalue weighted by molar-refractivity contribution is -0.139. The molecule has 0 aliphatic heterocycles. The van der Waals surface area contributed by atoms with Crippen molar-refractivity contribution in [1.82, 2.24) is 15.1 Å². The van der Waals surface area contributed by atoms with Crippen LogP contribution in [0.5, 0.6) is 0 Å². The average molecular weight is 297 g/mol. The molecule has 1 amide bonds. The molecule has 21 heavy (non-hydrogen) atoms. The molecule has 1 heterocycles. The van der Waals surface area contributed by atoms with Crippen LogP contribution in [0.4, 0.5) is 0 Å². The van der Waals surface area contributed by atoms with Crippen molar-refractivity contribution in [3.8, 4) is 0 Å². The SMILES string of the molecule is COCCC(NC(=O)c1cnn(CC(C)C)c1C)C(=O)O. The van der Waals surface area contributed by atoms with Crippen molar-refractivity contribution >= 4 is 11.9 Å². The zero-order chi connectivity index (χ0) is 16.0. The van der Waals surface area contributed by atoms with Crippen LogP contribution < -0.4 is 5.32 Å². The van der Waals surface area contributed by atoms with Crippen LogP contribution >= 0.6 is 0 Å². The van der Waals surface area contributed by atoms with Crippen molar-refractivity contribution in [2.75, 3.05) is 13.7 Å². The van der Waals surface area contributed by atoms with E-state index in [1.807, 2.05) is 0 Å². The van der Waals surface area contributed by atoms with Gasteiger partial charge in [-0.25, -0.2) is 4.79 Å². The van der Waals surface area contributed by atoms with Gasteiger partial charge in [0.1, 0.15) is 6.04 Å². The van der Waals surface area contributed by atoms with E-state index in [1.54, 1.807) is 11.6 Å². The number of hydrogen-bond donors (Lipinski definition) is 2. The molecule has 7 heteroatoms. The highest BCUT2D eigenvalue weighted by molar-refractivity contribution is 5.97. The van der Waals surface area contributed by atoms with Gasteiger partial charge in [-0.05, 0) is 12.8 Å². The van der Waals surface area contributed by atoms with Crippen LogP contribution in [-0.2, 0) is 16.1 Å². The number of carboxylic acids is 1. The third-order valence-corrected chi connectivity index (χ3v) is 3.10. The smallest absolute Gasteiger partial charge is 0.326 e. The summed E-state index contributed by atoms with van der Waals surface area (Å²) in [7, 11) is 1.49. The third kappa shape index (κ3) is 4.86. The maximum absolute atomic E-state index is 12.2. The summed E-state index contributed by atoms with van der Waals surface area (Å²) < 4.78 is 6.60. The van der Waals surface area contributed by atoms with Gasteiger partial charge in [0.25, 0.3) is 5.91 Å². The Balaban J connectivity index is 2.78. The summed E-state index contributed by atoms with van der Waals surface area (Å²) in [5, 5.41) is 15.8. The van der Waals surface area contributed by atoms with Crippen LogP contribution in [0.1, 0.15) is 36.3 Å². The fraction of sp³-hybridized carbons (Fsp3) is 0.643. The Hall–Kier alpha value is -1.89. The fourth-order valence-electron chi connectivity index (χ4n) is 1.93. The lowest BCUT2D eigenvalue weighted by Gasteiger charge is -2.14. The molecule has 0 spiro atoms. The lowest BCUT2D eigenvalue weighted by atomic mass is 10.1. The van der Waals surface area contributed by atoms with E-state index in [1.165, 1.54) is 13.3 Å². The molecule has 1 rings (SSSR count). The number of nitrogens with zero attached hydrogens (tertiary/aromatic N) is 2. The van der Waals surface area contributed by atoms with Gasteiger partial charge in [0, 0.05) is 32.4 Å². The Kier molecular flexibility index (Phi) is 6.36. The predicted molar refractivity (Wildman–Crippen MR) is 77.2 cm³/mol. The Labute approximate surface area is 124 Å². The number of carbonyl (C=O) groups excluding carboxylic acids is 1. The van der Waals surface area contributed by atoms with Crippen LogP contribution in [0.2, 0.25) is 0 Å². The van der Waals surface area contributed by atoms with Crippen molar-refractivity contribution in [1.29, 1.82) is 0 Å². The first-order valence-electron chi connectivity index (χ1n) is 6.91. The van der Waals surface area contributed by atoms with E-state index in [0.29, 0.717) is 18.0 Å². The quantitative estimate of drug-likeness (QED) is 0.748. The summed E-state index contributed by atoms with van der Waals surface area (Å²) in [6.45, 7) is 6.90. The molecule has 0 saturated carbocycles. The molecule has 0 fully saturated rings. The molecule has 0 saturated heterocycles. The summed E-state index contributed by atoms with van der Waals surface area (Å²) in [5.74, 6) is -1.09. The van der Waals surface area contributed by atoms with Crippen LogP contribution in [0.25, 0.3) is 0 Å². The summed E-state index contributed by atoms with van der Waals surface area (Å²) >= 11 is 0. The minimum Gasteiger partial charge on any atom is -0.480 e. The van der Waals surface area contributed by atoms with E-state index in [0.717, 1.165) is 5.69 Å². The maximum atomic E-state index is 12.2. The Morgan fingerprint density at radius 2 is 2.14 bits per heavy atom. The highest BCUT2D eigenvalue weighted by Crippen LogP contribution is 2.10. The minimum absolute atomic E-state index is 0.219. The highest BCUT2D eigenvalue weighted by atomic mass is 16.5. The monoisotopic (exact) mass is 297 g/mol. The number of aromatic nitrogens is 2. The second-order valence-corrected chi connectivity index (χ2v) is 5.37. The number of methoxy groups -OCH3 is 1. The number of amides is 1. The van der Waals surface area contributed by atoms with E-state index >= 15 is 0 Å². The number of aliphatic carboxylic acids is 1. The molecular weight excluding hydrogens is 274 g/mol. The van der Waals surface area contributed by atoms with Gasteiger partial charge in [0.05, 0.1) is 11.8 Å².